The second-order valence-corrected chi connectivity index (χ2v) is 5.46. The van der Waals surface area contributed by atoms with Gasteiger partial charge in [0.2, 0.25) is 5.91 Å². The lowest BCUT2D eigenvalue weighted by atomic mass is 10.0. The molecule has 4 nitrogen and oxygen atoms in total. The van der Waals surface area contributed by atoms with Gasteiger partial charge in [-0.3, -0.25) is 4.79 Å². The van der Waals surface area contributed by atoms with E-state index >= 15 is 0 Å². The summed E-state index contributed by atoms with van der Waals surface area (Å²) in [7, 11) is 1.87. The molecule has 1 aliphatic heterocycles. The average molecular weight is 276 g/mol. The van der Waals surface area contributed by atoms with Crippen molar-refractivity contribution >= 4 is 5.91 Å². The van der Waals surface area contributed by atoms with Crippen molar-refractivity contribution in [1.82, 2.24) is 10.2 Å². The van der Waals surface area contributed by atoms with Crippen LogP contribution in [0.4, 0.5) is 0 Å². The number of nitrogens with zero attached hydrogens (tertiary/aromatic N) is 1. The predicted molar refractivity (Wildman–Crippen MR) is 79.5 cm³/mol. The molecule has 0 aromatic heterocycles. The van der Waals surface area contributed by atoms with Crippen molar-refractivity contribution < 1.29 is 9.53 Å². The first-order chi connectivity index (χ1) is 9.63. The molecule has 1 heterocycles. The fraction of sp³-hybridized carbons (Fsp3) is 0.562. The third-order valence-corrected chi connectivity index (χ3v) is 3.85. The lowest BCUT2D eigenvalue weighted by molar-refractivity contribution is -0.142. The summed E-state index contributed by atoms with van der Waals surface area (Å²) in [6, 6.07) is 8.23. The standard InChI is InChI=1S/C16H24N2O2/c1-12-6-4-5-7-14(12)15-11-18(8-9-20-15)16(19)13(2)10-17-3/h4-7,13,15,17H,8-11H2,1-3H3/t13-,15+/m0/s1. The molecule has 1 N–H and O–H groups in total. The number of morpholine rings is 1. The molecule has 0 radical (unpaired) electrons. The number of amides is 1. The van der Waals surface area contributed by atoms with Crippen LogP contribution in [0.1, 0.15) is 24.2 Å². The third-order valence-electron chi connectivity index (χ3n) is 3.85. The Balaban J connectivity index is 2.05. The first-order valence-electron chi connectivity index (χ1n) is 7.24. The van der Waals surface area contributed by atoms with Crippen molar-refractivity contribution in [1.29, 1.82) is 0 Å². The molecule has 1 saturated heterocycles. The van der Waals surface area contributed by atoms with Gasteiger partial charge in [-0.2, -0.15) is 0 Å². The number of aryl methyl sites for hydroxylation is 1. The molecule has 1 amide bonds. The largest absolute Gasteiger partial charge is 0.370 e. The lowest BCUT2D eigenvalue weighted by Crippen LogP contribution is -2.46. The van der Waals surface area contributed by atoms with Crippen LogP contribution in [0.5, 0.6) is 0 Å². The summed E-state index contributed by atoms with van der Waals surface area (Å²) in [5.74, 6) is 0.219. The molecular formula is C16H24N2O2. The summed E-state index contributed by atoms with van der Waals surface area (Å²) < 4.78 is 5.86. The minimum Gasteiger partial charge on any atom is -0.370 e. The number of nitrogens with one attached hydrogen (secondary N) is 1. The van der Waals surface area contributed by atoms with Crippen molar-refractivity contribution in [2.45, 2.75) is 20.0 Å². The van der Waals surface area contributed by atoms with Gasteiger partial charge in [-0.15, -0.1) is 0 Å². The van der Waals surface area contributed by atoms with Crippen molar-refractivity contribution in [3.8, 4) is 0 Å². The second kappa shape index (κ2) is 6.86. The molecule has 0 unspecified atom stereocenters. The normalized spacial score (nSPS) is 20.8. The first-order valence-corrected chi connectivity index (χ1v) is 7.24. The second-order valence-electron chi connectivity index (χ2n) is 5.46. The van der Waals surface area contributed by atoms with Crippen LogP contribution in [0.3, 0.4) is 0 Å². The molecule has 2 rings (SSSR count). The van der Waals surface area contributed by atoms with Crippen LogP contribution in [-0.2, 0) is 9.53 Å². The van der Waals surface area contributed by atoms with Crippen LogP contribution in [-0.4, -0.2) is 44.1 Å². The fourth-order valence-corrected chi connectivity index (χ4v) is 2.69. The topological polar surface area (TPSA) is 41.6 Å². The van der Waals surface area contributed by atoms with E-state index in [4.69, 9.17) is 4.74 Å². The zero-order valence-electron chi connectivity index (χ0n) is 12.6. The minimum absolute atomic E-state index is 0.00399. The van der Waals surface area contributed by atoms with Crippen molar-refractivity contribution in [2.24, 2.45) is 5.92 Å². The van der Waals surface area contributed by atoms with Crippen LogP contribution in [0.2, 0.25) is 0 Å². The monoisotopic (exact) mass is 276 g/mol. The van der Waals surface area contributed by atoms with Crippen LogP contribution >= 0.6 is 0 Å². The smallest absolute Gasteiger partial charge is 0.226 e. The zero-order chi connectivity index (χ0) is 14.5. The Morgan fingerprint density at radius 1 is 1.50 bits per heavy atom. The molecule has 1 fully saturated rings. The van der Waals surface area contributed by atoms with E-state index in [1.54, 1.807) is 0 Å². The van der Waals surface area contributed by atoms with Gasteiger partial charge in [0.1, 0.15) is 6.10 Å². The zero-order valence-corrected chi connectivity index (χ0v) is 12.6. The number of carbonyl (C=O) groups is 1. The Hall–Kier alpha value is -1.39. The summed E-state index contributed by atoms with van der Waals surface area (Å²) in [5, 5.41) is 3.06. The number of hydrogen-bond acceptors (Lipinski definition) is 3. The van der Waals surface area contributed by atoms with Crippen LogP contribution in [0.25, 0.3) is 0 Å². The van der Waals surface area contributed by atoms with E-state index in [0.717, 1.165) is 0 Å². The molecule has 1 aliphatic rings. The van der Waals surface area contributed by atoms with Gasteiger partial charge < -0.3 is 15.0 Å². The Labute approximate surface area is 121 Å². The first kappa shape index (κ1) is 15.0. The Morgan fingerprint density at radius 2 is 2.25 bits per heavy atom. The third kappa shape index (κ3) is 3.38. The SMILES string of the molecule is CNC[C@H](C)C(=O)N1CCO[C@@H](c2ccccc2C)C1. The van der Waals surface area contributed by atoms with Crippen molar-refractivity contribution in [3.05, 3.63) is 35.4 Å². The molecule has 20 heavy (non-hydrogen) atoms. The van der Waals surface area contributed by atoms with Gasteiger partial charge in [-0.1, -0.05) is 31.2 Å². The van der Waals surface area contributed by atoms with Gasteiger partial charge >= 0.3 is 0 Å². The van der Waals surface area contributed by atoms with Crippen LogP contribution < -0.4 is 5.32 Å². The van der Waals surface area contributed by atoms with Gasteiger partial charge in [0.05, 0.1) is 13.2 Å². The Kier molecular flexibility index (Phi) is 5.15. The maximum atomic E-state index is 12.4. The summed E-state index contributed by atoms with van der Waals surface area (Å²) in [6.45, 7) is 6.72. The van der Waals surface area contributed by atoms with E-state index in [9.17, 15) is 4.79 Å². The van der Waals surface area contributed by atoms with Gasteiger partial charge in [0.15, 0.2) is 0 Å². The van der Waals surface area contributed by atoms with Crippen molar-refractivity contribution in [2.75, 3.05) is 33.3 Å². The summed E-state index contributed by atoms with van der Waals surface area (Å²) in [5.41, 5.74) is 2.40. The van der Waals surface area contributed by atoms with Crippen LogP contribution in [0, 0.1) is 12.8 Å². The van der Waals surface area contributed by atoms with Crippen LogP contribution in [0.15, 0.2) is 24.3 Å². The van der Waals surface area contributed by atoms with E-state index in [2.05, 4.69) is 24.4 Å². The average Bonchev–Trinajstić information content (AvgIpc) is 2.47. The maximum absolute atomic E-state index is 12.4. The minimum atomic E-state index is -0.00399. The Morgan fingerprint density at radius 3 is 2.95 bits per heavy atom. The molecule has 4 heteroatoms. The highest BCUT2D eigenvalue weighted by Gasteiger charge is 2.28. The number of ether oxygens (including phenoxy) is 1. The molecule has 0 saturated carbocycles. The van der Waals surface area contributed by atoms with Gasteiger partial charge in [-0.05, 0) is 25.1 Å². The predicted octanol–water partition coefficient (Wildman–Crippen LogP) is 1.75. The number of hydrogen-bond donors (Lipinski definition) is 1. The van der Waals surface area contributed by atoms with E-state index < -0.39 is 0 Å². The van der Waals surface area contributed by atoms with Gasteiger partial charge in [-0.25, -0.2) is 0 Å². The van der Waals surface area contributed by atoms with E-state index in [1.165, 1.54) is 11.1 Å². The quantitative estimate of drug-likeness (QED) is 0.911. The van der Waals surface area contributed by atoms with Crippen molar-refractivity contribution in [3.63, 3.8) is 0 Å². The number of rotatable bonds is 4. The van der Waals surface area contributed by atoms with E-state index in [0.29, 0.717) is 26.2 Å². The summed E-state index contributed by atoms with van der Waals surface area (Å²) >= 11 is 0. The van der Waals surface area contributed by atoms with E-state index in [1.807, 2.05) is 31.0 Å². The highest BCUT2D eigenvalue weighted by molar-refractivity contribution is 5.78. The lowest BCUT2D eigenvalue weighted by Gasteiger charge is -2.35. The highest BCUT2D eigenvalue weighted by atomic mass is 16.5. The van der Waals surface area contributed by atoms with Gasteiger partial charge in [0, 0.05) is 19.0 Å². The molecule has 110 valence electrons. The molecule has 0 spiro atoms. The molecule has 1 aromatic carbocycles. The molecule has 0 bridgehead atoms. The Bertz CT molecular complexity index is 462. The fourth-order valence-electron chi connectivity index (χ4n) is 2.69. The number of carbonyl (C=O) groups excluding carboxylic acids is 1. The molecular weight excluding hydrogens is 252 g/mol. The van der Waals surface area contributed by atoms with E-state index in [-0.39, 0.29) is 17.9 Å². The highest BCUT2D eigenvalue weighted by Crippen LogP contribution is 2.25. The summed E-state index contributed by atoms with van der Waals surface area (Å²) in [4.78, 5) is 14.3. The molecule has 0 aliphatic carbocycles. The maximum Gasteiger partial charge on any atom is 0.226 e. The summed E-state index contributed by atoms with van der Waals surface area (Å²) in [6.07, 6.45) is -0.00399. The molecule has 2 atom stereocenters. The molecule has 1 aromatic rings. The number of benzene rings is 1. The van der Waals surface area contributed by atoms with Gasteiger partial charge in [0.25, 0.3) is 0 Å².